The molecule has 204 valence electrons. The van der Waals surface area contributed by atoms with Crippen LogP contribution in [0.3, 0.4) is 0 Å². The Morgan fingerprint density at radius 3 is 1.66 bits per heavy atom. The van der Waals surface area contributed by atoms with Crippen molar-refractivity contribution in [2.75, 3.05) is 19.8 Å². The lowest BCUT2D eigenvalue weighted by atomic mass is 10.0. The molecule has 0 aliphatic heterocycles. The fourth-order valence-corrected chi connectivity index (χ4v) is 5.31. The van der Waals surface area contributed by atoms with Gasteiger partial charge in [0.15, 0.2) is 0 Å². The van der Waals surface area contributed by atoms with E-state index in [2.05, 4.69) is 66.1 Å². The van der Waals surface area contributed by atoms with Gasteiger partial charge in [-0.05, 0) is 25.1 Å². The number of ether oxygens (including phenoxy) is 2. The van der Waals surface area contributed by atoms with Crippen LogP contribution in [-0.2, 0) is 20.5 Å². The first kappa shape index (κ1) is 33.1. The maximum atomic E-state index is 6.13. The molecule has 5 heteroatoms. The van der Waals surface area contributed by atoms with Gasteiger partial charge in [-0.1, -0.05) is 155 Å². The first-order valence-corrected chi connectivity index (χ1v) is 20.6. The van der Waals surface area contributed by atoms with Crippen molar-refractivity contribution in [3.8, 4) is 0 Å². The van der Waals surface area contributed by atoms with Crippen LogP contribution < -0.4 is 0 Å². The molecular formula is C30H55IO3Si. The number of hydrogen-bond acceptors (Lipinski definition) is 3. The molecule has 0 fully saturated rings. The highest BCUT2D eigenvalue weighted by atomic mass is 127. The zero-order chi connectivity index (χ0) is 25.5. The highest BCUT2D eigenvalue weighted by Gasteiger charge is 2.20. The van der Waals surface area contributed by atoms with E-state index in [1.54, 1.807) is 0 Å². The van der Waals surface area contributed by atoms with Crippen LogP contribution in [0.2, 0.25) is 13.1 Å². The number of rotatable bonds is 25. The number of halogens is 1. The van der Waals surface area contributed by atoms with Crippen molar-refractivity contribution in [1.82, 2.24) is 0 Å². The van der Waals surface area contributed by atoms with Gasteiger partial charge in [0.1, 0.15) is 6.10 Å². The predicted molar refractivity (Wildman–Crippen MR) is 163 cm³/mol. The van der Waals surface area contributed by atoms with Gasteiger partial charge in [-0.3, -0.25) is 0 Å². The maximum Gasteiger partial charge on any atom is 0.252 e. The van der Waals surface area contributed by atoms with E-state index in [1.807, 2.05) is 6.07 Å². The molecule has 0 aliphatic rings. The van der Waals surface area contributed by atoms with Gasteiger partial charge in [-0.25, -0.2) is 0 Å². The smallest absolute Gasteiger partial charge is 0.252 e. The van der Waals surface area contributed by atoms with E-state index in [0.717, 1.165) is 13.0 Å². The van der Waals surface area contributed by atoms with Gasteiger partial charge >= 0.3 is 0 Å². The van der Waals surface area contributed by atoms with Gasteiger partial charge in [0.25, 0.3) is 5.81 Å². The van der Waals surface area contributed by atoms with Crippen LogP contribution in [0.1, 0.15) is 115 Å². The summed E-state index contributed by atoms with van der Waals surface area (Å²) < 4.78 is 18.2. The maximum absolute atomic E-state index is 6.13. The Balaban J connectivity index is 1.95. The zero-order valence-electron chi connectivity index (χ0n) is 23.2. The minimum absolute atomic E-state index is 0.00203. The van der Waals surface area contributed by atoms with Crippen molar-refractivity contribution in [2.45, 2.75) is 135 Å². The van der Waals surface area contributed by atoms with E-state index in [0.29, 0.717) is 19.8 Å². The Labute approximate surface area is 231 Å². The summed E-state index contributed by atoms with van der Waals surface area (Å²) in [7, 11) is 0. The number of hydrogen-bond donors (Lipinski definition) is 0. The topological polar surface area (TPSA) is 27.7 Å². The molecular weight excluding hydrogens is 563 g/mol. The Hall–Kier alpha value is 0.0469. The molecule has 0 N–H and O–H groups in total. The van der Waals surface area contributed by atoms with Crippen molar-refractivity contribution in [3.05, 3.63) is 35.9 Å². The molecule has 0 heterocycles. The van der Waals surface area contributed by atoms with E-state index in [9.17, 15) is 0 Å². The summed E-state index contributed by atoms with van der Waals surface area (Å²) >= 11 is 2.45. The summed E-state index contributed by atoms with van der Waals surface area (Å²) in [4.78, 5) is 0. The van der Waals surface area contributed by atoms with E-state index in [1.165, 1.54) is 102 Å². The lowest BCUT2D eigenvalue weighted by Crippen LogP contribution is -2.32. The quantitative estimate of drug-likeness (QED) is 0.0473. The molecule has 35 heavy (non-hydrogen) atoms. The summed E-state index contributed by atoms with van der Waals surface area (Å²) in [6, 6.07) is 10.4. The molecule has 0 unspecified atom stereocenters. The number of unbranched alkanes of at least 4 members (excludes halogenated alkanes) is 15. The predicted octanol–water partition coefficient (Wildman–Crippen LogP) is 10.0. The average Bonchev–Trinajstić information content (AvgIpc) is 2.84. The van der Waals surface area contributed by atoms with Crippen molar-refractivity contribution in [1.29, 1.82) is 0 Å². The lowest BCUT2D eigenvalue weighted by Gasteiger charge is -2.22. The molecule has 0 saturated heterocycles. The van der Waals surface area contributed by atoms with E-state index in [4.69, 9.17) is 13.9 Å². The normalized spacial score (nSPS) is 12.8. The molecule has 1 aromatic rings. The van der Waals surface area contributed by atoms with E-state index >= 15 is 0 Å². The third-order valence-electron chi connectivity index (χ3n) is 6.39. The molecule has 0 amide bonds. The van der Waals surface area contributed by atoms with E-state index in [-0.39, 0.29) is 6.10 Å². The van der Waals surface area contributed by atoms with Crippen molar-refractivity contribution < 1.29 is 13.9 Å². The van der Waals surface area contributed by atoms with Gasteiger partial charge < -0.3 is 13.9 Å². The molecule has 1 rings (SSSR count). The summed E-state index contributed by atoms with van der Waals surface area (Å²) in [6.07, 6.45) is 22.3. The monoisotopic (exact) mass is 618 g/mol. The molecule has 0 aliphatic carbocycles. The second-order valence-corrected chi connectivity index (χ2v) is 21.3. The van der Waals surface area contributed by atoms with Crippen LogP contribution in [0, 0.1) is 0 Å². The minimum Gasteiger partial charge on any atom is -0.405 e. The standard InChI is InChI=1S/C30H55IO3Si/c1-4-5-6-7-8-9-10-11-12-13-14-15-16-17-18-22-25-32-27-30(28-34-35(2,3)31)33-26-29-23-20-19-21-24-29/h19-21,23-24,30H,4-18,22,25-28H2,1-3H3/t30-/m0/s1. The Kier molecular flexibility index (Phi) is 21.9. The fraction of sp³-hybridized carbons (Fsp3) is 0.800. The van der Waals surface area contributed by atoms with Crippen LogP contribution in [0.5, 0.6) is 0 Å². The lowest BCUT2D eigenvalue weighted by molar-refractivity contribution is -0.0460. The Morgan fingerprint density at radius 1 is 0.686 bits per heavy atom. The first-order chi connectivity index (χ1) is 17.0. The molecule has 1 aromatic carbocycles. The molecule has 1 atom stereocenters. The van der Waals surface area contributed by atoms with Crippen LogP contribution >= 0.6 is 21.8 Å². The molecule has 3 nitrogen and oxygen atoms in total. The SMILES string of the molecule is CCCCCCCCCCCCCCCCCCOC[C@@H](CO[Si](C)(C)I)OCc1ccccc1. The average molecular weight is 619 g/mol. The van der Waals surface area contributed by atoms with Gasteiger partial charge in [0.2, 0.25) is 0 Å². The zero-order valence-corrected chi connectivity index (χ0v) is 26.4. The largest absolute Gasteiger partial charge is 0.405 e. The molecule has 0 spiro atoms. The van der Waals surface area contributed by atoms with Gasteiger partial charge in [-0.2, -0.15) is 0 Å². The van der Waals surface area contributed by atoms with Gasteiger partial charge in [-0.15, -0.1) is 0 Å². The van der Waals surface area contributed by atoms with Gasteiger partial charge in [0.05, 0.1) is 19.8 Å². The first-order valence-electron chi connectivity index (χ1n) is 14.6. The van der Waals surface area contributed by atoms with Crippen molar-refractivity contribution >= 4 is 27.6 Å². The van der Waals surface area contributed by atoms with Crippen molar-refractivity contribution in [3.63, 3.8) is 0 Å². The third kappa shape index (κ3) is 22.9. The molecule has 0 bridgehead atoms. The summed E-state index contributed by atoms with van der Waals surface area (Å²) in [5.74, 6) is -1.59. The molecule has 0 radical (unpaired) electrons. The molecule has 0 saturated carbocycles. The van der Waals surface area contributed by atoms with E-state index < -0.39 is 5.81 Å². The third-order valence-corrected chi connectivity index (χ3v) is 8.17. The Bertz CT molecular complexity index is 564. The highest BCUT2D eigenvalue weighted by molar-refractivity contribution is 14.1. The Morgan fingerprint density at radius 2 is 1.17 bits per heavy atom. The van der Waals surface area contributed by atoms with Crippen LogP contribution in [0.15, 0.2) is 30.3 Å². The molecule has 0 aromatic heterocycles. The van der Waals surface area contributed by atoms with Crippen molar-refractivity contribution in [2.24, 2.45) is 0 Å². The summed E-state index contributed by atoms with van der Waals surface area (Å²) in [5, 5.41) is 0. The second kappa shape index (κ2) is 23.2. The van der Waals surface area contributed by atoms with Crippen LogP contribution in [0.4, 0.5) is 0 Å². The highest BCUT2D eigenvalue weighted by Crippen LogP contribution is 2.16. The fourth-order valence-electron chi connectivity index (χ4n) is 4.19. The minimum atomic E-state index is -1.59. The second-order valence-electron chi connectivity index (χ2n) is 10.5. The van der Waals surface area contributed by atoms with Crippen LogP contribution in [0.25, 0.3) is 0 Å². The number of benzene rings is 1. The summed E-state index contributed by atoms with van der Waals surface area (Å²) in [6.45, 7) is 9.38. The van der Waals surface area contributed by atoms with Gasteiger partial charge in [0, 0.05) is 6.61 Å². The van der Waals surface area contributed by atoms with Crippen LogP contribution in [-0.4, -0.2) is 31.7 Å². The summed E-state index contributed by atoms with van der Waals surface area (Å²) in [5.41, 5.74) is 1.20.